The Morgan fingerprint density at radius 1 is 1.30 bits per heavy atom. The standard InChI is InChI=1S/C15H13NO4/c1-9(17)16-12-4-2-3-10(18)7-14(12)20-15-8-11(19)5-6-13(15)16/h3-8,18-19H,2H2,1H3. The Morgan fingerprint density at radius 2 is 2.10 bits per heavy atom. The van der Waals surface area contributed by atoms with Crippen LogP contribution in [0.3, 0.4) is 0 Å². The van der Waals surface area contributed by atoms with Crippen LogP contribution < -0.4 is 9.64 Å². The van der Waals surface area contributed by atoms with E-state index in [0.29, 0.717) is 29.3 Å². The summed E-state index contributed by atoms with van der Waals surface area (Å²) in [7, 11) is 0. The summed E-state index contributed by atoms with van der Waals surface area (Å²) in [5.41, 5.74) is 1.16. The molecule has 1 heterocycles. The van der Waals surface area contributed by atoms with E-state index in [9.17, 15) is 15.0 Å². The van der Waals surface area contributed by atoms with Crippen molar-refractivity contribution < 1.29 is 19.7 Å². The zero-order valence-corrected chi connectivity index (χ0v) is 10.8. The van der Waals surface area contributed by atoms with Crippen LogP contribution in [0.5, 0.6) is 11.5 Å². The topological polar surface area (TPSA) is 70.0 Å². The molecular formula is C15H13NO4. The van der Waals surface area contributed by atoms with Crippen molar-refractivity contribution in [2.45, 2.75) is 13.3 Å². The molecule has 5 nitrogen and oxygen atoms in total. The van der Waals surface area contributed by atoms with Gasteiger partial charge in [-0.2, -0.15) is 0 Å². The molecule has 0 bridgehead atoms. The third-order valence-electron chi connectivity index (χ3n) is 3.13. The maximum Gasteiger partial charge on any atom is 0.228 e. The Morgan fingerprint density at radius 3 is 2.85 bits per heavy atom. The molecule has 1 aromatic rings. The molecule has 0 saturated heterocycles. The summed E-state index contributed by atoms with van der Waals surface area (Å²) in [4.78, 5) is 13.5. The maximum absolute atomic E-state index is 12.0. The van der Waals surface area contributed by atoms with Crippen LogP contribution in [-0.4, -0.2) is 16.1 Å². The van der Waals surface area contributed by atoms with Crippen molar-refractivity contribution in [2.75, 3.05) is 4.90 Å². The summed E-state index contributed by atoms with van der Waals surface area (Å²) in [5.74, 6) is 0.716. The van der Waals surface area contributed by atoms with Crippen molar-refractivity contribution in [1.29, 1.82) is 0 Å². The van der Waals surface area contributed by atoms with Crippen molar-refractivity contribution in [3.8, 4) is 11.5 Å². The van der Waals surface area contributed by atoms with E-state index in [-0.39, 0.29) is 17.4 Å². The van der Waals surface area contributed by atoms with E-state index in [4.69, 9.17) is 4.74 Å². The van der Waals surface area contributed by atoms with Crippen molar-refractivity contribution in [2.24, 2.45) is 0 Å². The van der Waals surface area contributed by atoms with Crippen molar-refractivity contribution >= 4 is 11.6 Å². The smallest absolute Gasteiger partial charge is 0.228 e. The van der Waals surface area contributed by atoms with Crippen LogP contribution in [0, 0.1) is 0 Å². The fourth-order valence-corrected chi connectivity index (χ4v) is 2.30. The average Bonchev–Trinajstić information content (AvgIpc) is 2.55. The summed E-state index contributed by atoms with van der Waals surface area (Å²) in [6.45, 7) is 1.46. The molecule has 0 spiro atoms. The van der Waals surface area contributed by atoms with Crippen molar-refractivity contribution in [3.63, 3.8) is 0 Å². The number of carbonyl (C=O) groups excluding carboxylic acids is 1. The number of amides is 1. The van der Waals surface area contributed by atoms with Gasteiger partial charge in [0.15, 0.2) is 11.5 Å². The Labute approximate surface area is 115 Å². The average molecular weight is 271 g/mol. The molecule has 0 saturated carbocycles. The predicted molar refractivity (Wildman–Crippen MR) is 73.4 cm³/mol. The zero-order valence-electron chi connectivity index (χ0n) is 10.8. The molecule has 1 aliphatic heterocycles. The lowest BCUT2D eigenvalue weighted by Crippen LogP contribution is -2.33. The van der Waals surface area contributed by atoms with Crippen LogP contribution in [0.2, 0.25) is 0 Å². The highest BCUT2D eigenvalue weighted by Gasteiger charge is 2.30. The predicted octanol–water partition coefficient (Wildman–Crippen LogP) is 2.75. The second kappa shape index (κ2) is 4.45. The van der Waals surface area contributed by atoms with Gasteiger partial charge in [-0.3, -0.25) is 9.69 Å². The van der Waals surface area contributed by atoms with Crippen LogP contribution in [-0.2, 0) is 4.79 Å². The number of aromatic hydroxyl groups is 1. The number of phenols is 1. The van der Waals surface area contributed by atoms with Gasteiger partial charge in [-0.05, 0) is 24.6 Å². The van der Waals surface area contributed by atoms with E-state index in [1.165, 1.54) is 30.0 Å². The molecule has 0 radical (unpaired) electrons. The third-order valence-corrected chi connectivity index (χ3v) is 3.13. The summed E-state index contributed by atoms with van der Waals surface area (Å²) in [6.07, 6.45) is 5.40. The Bertz CT molecular complexity index is 685. The molecule has 0 atom stereocenters. The van der Waals surface area contributed by atoms with E-state index < -0.39 is 0 Å². The lowest BCUT2D eigenvalue weighted by atomic mass is 10.1. The number of fused-ring (bicyclic) bond motifs is 2. The van der Waals surface area contributed by atoms with Gasteiger partial charge in [0.2, 0.25) is 5.91 Å². The first-order chi connectivity index (χ1) is 9.56. The molecule has 102 valence electrons. The first-order valence-electron chi connectivity index (χ1n) is 6.19. The van der Waals surface area contributed by atoms with Gasteiger partial charge in [0.05, 0.1) is 11.4 Å². The molecule has 1 aromatic carbocycles. The van der Waals surface area contributed by atoms with Gasteiger partial charge in [0, 0.05) is 19.1 Å². The van der Waals surface area contributed by atoms with Crippen molar-refractivity contribution in [3.05, 3.63) is 53.6 Å². The molecule has 5 heteroatoms. The third kappa shape index (κ3) is 1.93. The minimum atomic E-state index is -0.168. The largest absolute Gasteiger partial charge is 0.508 e. The number of nitrogens with zero attached hydrogens (tertiary/aromatic N) is 1. The molecule has 2 N–H and O–H groups in total. The number of carbonyl (C=O) groups is 1. The molecule has 2 aliphatic rings. The minimum Gasteiger partial charge on any atom is -0.508 e. The first kappa shape index (κ1) is 12.3. The van der Waals surface area contributed by atoms with Gasteiger partial charge in [-0.25, -0.2) is 0 Å². The highest BCUT2D eigenvalue weighted by molar-refractivity contribution is 5.98. The Balaban J connectivity index is 2.20. The maximum atomic E-state index is 12.0. The fraction of sp³-hybridized carbons (Fsp3) is 0.133. The number of aliphatic hydroxyl groups excluding tert-OH is 1. The number of phenolic OH excluding ortho intramolecular Hbond substituents is 1. The van der Waals surface area contributed by atoms with Crippen LogP contribution in [0.15, 0.2) is 53.6 Å². The number of rotatable bonds is 0. The van der Waals surface area contributed by atoms with Crippen LogP contribution in [0.4, 0.5) is 5.69 Å². The highest BCUT2D eigenvalue weighted by Crippen LogP contribution is 2.42. The second-order valence-electron chi connectivity index (χ2n) is 4.57. The fourth-order valence-electron chi connectivity index (χ4n) is 2.30. The lowest BCUT2D eigenvalue weighted by Gasteiger charge is -2.32. The molecule has 0 aromatic heterocycles. The number of anilines is 1. The zero-order chi connectivity index (χ0) is 14.3. The molecule has 1 aliphatic carbocycles. The minimum absolute atomic E-state index is 0.0497. The van der Waals surface area contributed by atoms with Gasteiger partial charge >= 0.3 is 0 Å². The number of aliphatic hydroxyl groups is 1. The lowest BCUT2D eigenvalue weighted by molar-refractivity contribution is -0.116. The Hall–Kier alpha value is -2.69. The first-order valence-corrected chi connectivity index (χ1v) is 6.19. The molecule has 3 rings (SSSR count). The van der Waals surface area contributed by atoms with Gasteiger partial charge in [-0.15, -0.1) is 0 Å². The van der Waals surface area contributed by atoms with E-state index >= 15 is 0 Å². The monoisotopic (exact) mass is 271 g/mol. The van der Waals surface area contributed by atoms with Gasteiger partial charge < -0.3 is 14.9 Å². The molecule has 0 fully saturated rings. The number of benzene rings is 1. The Kier molecular flexibility index (Phi) is 2.75. The van der Waals surface area contributed by atoms with E-state index in [1.807, 2.05) is 6.08 Å². The highest BCUT2D eigenvalue weighted by atomic mass is 16.5. The van der Waals surface area contributed by atoms with Gasteiger partial charge in [-0.1, -0.05) is 6.08 Å². The van der Waals surface area contributed by atoms with Crippen LogP contribution in [0.1, 0.15) is 13.3 Å². The normalized spacial score (nSPS) is 16.9. The molecule has 1 amide bonds. The van der Waals surface area contributed by atoms with E-state index in [2.05, 4.69) is 0 Å². The SMILES string of the molecule is CC(=O)N1C2=CCC=C(O)C=C2Oc2cc(O)ccc21. The van der Waals surface area contributed by atoms with Gasteiger partial charge in [0.1, 0.15) is 11.5 Å². The van der Waals surface area contributed by atoms with Crippen LogP contribution >= 0.6 is 0 Å². The van der Waals surface area contributed by atoms with E-state index in [1.54, 1.807) is 12.1 Å². The number of hydrogen-bond acceptors (Lipinski definition) is 4. The van der Waals surface area contributed by atoms with Gasteiger partial charge in [0.25, 0.3) is 0 Å². The van der Waals surface area contributed by atoms with Crippen molar-refractivity contribution in [1.82, 2.24) is 0 Å². The second-order valence-corrected chi connectivity index (χ2v) is 4.57. The molecular weight excluding hydrogens is 258 g/mol. The number of hydrogen-bond donors (Lipinski definition) is 2. The summed E-state index contributed by atoms with van der Waals surface area (Å²) >= 11 is 0. The number of allylic oxidation sites excluding steroid dienone is 3. The number of ether oxygens (including phenoxy) is 1. The molecule has 0 unspecified atom stereocenters. The quantitative estimate of drug-likeness (QED) is 0.761. The summed E-state index contributed by atoms with van der Waals surface area (Å²) in [5, 5.41) is 19.2. The van der Waals surface area contributed by atoms with E-state index in [0.717, 1.165) is 0 Å². The molecule has 20 heavy (non-hydrogen) atoms. The van der Waals surface area contributed by atoms with Crippen LogP contribution in [0.25, 0.3) is 0 Å². The summed E-state index contributed by atoms with van der Waals surface area (Å²) in [6, 6.07) is 4.57. The summed E-state index contributed by atoms with van der Waals surface area (Å²) < 4.78 is 5.69.